The van der Waals surface area contributed by atoms with Crippen LogP contribution in [-0.2, 0) is 48.1 Å². The number of benzene rings is 1. The zero-order valence-electron chi connectivity index (χ0n) is 35.1. The smallest absolute Gasteiger partial charge is 0.302 e. The van der Waals surface area contributed by atoms with E-state index in [1.807, 2.05) is 52.8 Å². The van der Waals surface area contributed by atoms with Gasteiger partial charge in [0.05, 0.1) is 29.7 Å². The highest BCUT2D eigenvalue weighted by molar-refractivity contribution is 5.85. The second-order valence-corrected chi connectivity index (χ2v) is 13.5. The third-order valence-electron chi connectivity index (χ3n) is 8.71. The molecule has 2 atom stereocenters. The molecule has 2 unspecified atom stereocenters. The van der Waals surface area contributed by atoms with Gasteiger partial charge >= 0.3 is 5.97 Å². The molecule has 14 heteroatoms. The van der Waals surface area contributed by atoms with Crippen molar-refractivity contribution < 1.29 is 28.7 Å². The maximum absolute atomic E-state index is 13.3. The summed E-state index contributed by atoms with van der Waals surface area (Å²) in [5.41, 5.74) is 7.64. The molecule has 1 aliphatic rings. The van der Waals surface area contributed by atoms with Crippen LogP contribution in [0.5, 0.6) is 0 Å². The Morgan fingerprint density at radius 3 is 2.30 bits per heavy atom. The Hall–Kier alpha value is -4.79. The number of likely N-dealkylation sites (N-methyl/N-ethyl adjacent to an activating group) is 1. The largest absolute Gasteiger partial charge is 0.466 e. The Morgan fingerprint density at radius 2 is 1.77 bits per heavy atom. The van der Waals surface area contributed by atoms with Crippen molar-refractivity contribution in [3.05, 3.63) is 60.7 Å². The number of imidazole rings is 1. The SMILES string of the molecule is C=CC.CC.CCc1nc2ccc(-c3cncc(CC(C=O)NC(=O)C(C(C)C)N(C)CCN(C=O)C=O)c3)cc2n1CCCOC(C)=O.CN1CCCCN1. The van der Waals surface area contributed by atoms with Crippen LogP contribution in [0.2, 0.25) is 0 Å². The average molecular weight is 779 g/mol. The number of aromatic nitrogens is 3. The van der Waals surface area contributed by atoms with Gasteiger partial charge < -0.3 is 19.4 Å². The van der Waals surface area contributed by atoms with Crippen LogP contribution in [-0.4, -0.2) is 119 Å². The molecule has 3 amide bonds. The van der Waals surface area contributed by atoms with E-state index in [1.54, 1.807) is 30.4 Å². The number of esters is 1. The molecule has 56 heavy (non-hydrogen) atoms. The van der Waals surface area contributed by atoms with Gasteiger partial charge in [-0.2, -0.15) is 0 Å². The van der Waals surface area contributed by atoms with Crippen LogP contribution in [0.25, 0.3) is 22.2 Å². The molecule has 0 saturated carbocycles. The number of amides is 3. The van der Waals surface area contributed by atoms with Gasteiger partial charge in [0.15, 0.2) is 0 Å². The summed E-state index contributed by atoms with van der Waals surface area (Å²) in [5.74, 6) is 0.252. The molecule has 2 N–H and O–H groups in total. The number of imide groups is 1. The Balaban J connectivity index is 0.00000113. The summed E-state index contributed by atoms with van der Waals surface area (Å²) in [6, 6.07) is 6.63. The van der Waals surface area contributed by atoms with Crippen molar-refractivity contribution in [2.24, 2.45) is 5.92 Å². The van der Waals surface area contributed by atoms with Crippen LogP contribution in [0.1, 0.15) is 79.1 Å². The fourth-order valence-corrected chi connectivity index (χ4v) is 6.10. The molecule has 3 heterocycles. The molecule has 3 aromatic rings. The summed E-state index contributed by atoms with van der Waals surface area (Å²) < 4.78 is 7.25. The van der Waals surface area contributed by atoms with E-state index < -0.39 is 12.1 Å². The van der Waals surface area contributed by atoms with Gasteiger partial charge in [-0.25, -0.2) is 9.99 Å². The summed E-state index contributed by atoms with van der Waals surface area (Å²) in [7, 11) is 3.83. The minimum absolute atomic E-state index is 0.0866. The number of aryl methyl sites for hydroxylation is 2. The molecule has 0 aliphatic carbocycles. The van der Waals surface area contributed by atoms with Crippen molar-refractivity contribution in [1.82, 2.24) is 40.1 Å². The molecule has 1 saturated heterocycles. The normalized spacial score (nSPS) is 13.4. The monoisotopic (exact) mass is 779 g/mol. The Labute approximate surface area is 334 Å². The first kappa shape index (κ1) is 49.2. The molecule has 310 valence electrons. The number of ether oxygens (including phenoxy) is 1. The average Bonchev–Trinajstić information content (AvgIpc) is 3.55. The molecule has 1 aromatic carbocycles. The van der Waals surface area contributed by atoms with Crippen molar-refractivity contribution in [3.63, 3.8) is 0 Å². The summed E-state index contributed by atoms with van der Waals surface area (Å²) in [6.45, 7) is 20.3. The lowest BCUT2D eigenvalue weighted by molar-refractivity contribution is -0.141. The van der Waals surface area contributed by atoms with Gasteiger partial charge in [0, 0.05) is 77.5 Å². The molecule has 14 nitrogen and oxygen atoms in total. The highest BCUT2D eigenvalue weighted by Crippen LogP contribution is 2.26. The first-order valence-corrected chi connectivity index (χ1v) is 19.6. The van der Waals surface area contributed by atoms with E-state index in [0.29, 0.717) is 38.9 Å². The molecule has 1 fully saturated rings. The highest BCUT2D eigenvalue weighted by atomic mass is 16.5. The number of carbonyl (C=O) groups excluding carboxylic acids is 5. The molecule has 4 rings (SSSR count). The van der Waals surface area contributed by atoms with Crippen LogP contribution in [0.15, 0.2) is 49.3 Å². The highest BCUT2D eigenvalue weighted by Gasteiger charge is 2.28. The van der Waals surface area contributed by atoms with Gasteiger partial charge in [0.1, 0.15) is 12.1 Å². The number of hydrogen-bond acceptors (Lipinski definition) is 11. The molecule has 1 aliphatic heterocycles. The summed E-state index contributed by atoms with van der Waals surface area (Å²) >= 11 is 0. The van der Waals surface area contributed by atoms with E-state index in [2.05, 4.69) is 51.9 Å². The van der Waals surface area contributed by atoms with Gasteiger partial charge in [-0.05, 0) is 68.5 Å². The Morgan fingerprint density at radius 1 is 1.07 bits per heavy atom. The lowest BCUT2D eigenvalue weighted by atomic mass is 10.00. The minimum Gasteiger partial charge on any atom is -0.466 e. The number of hydrogen-bond donors (Lipinski definition) is 2. The topological polar surface area (TPSA) is 159 Å². The number of nitrogens with zero attached hydrogens (tertiary/aromatic N) is 6. The third kappa shape index (κ3) is 16.9. The fourth-order valence-electron chi connectivity index (χ4n) is 6.10. The number of nitrogens with one attached hydrogen (secondary N) is 2. The summed E-state index contributed by atoms with van der Waals surface area (Å²) in [5, 5.41) is 4.99. The maximum Gasteiger partial charge on any atom is 0.302 e. The van der Waals surface area contributed by atoms with E-state index >= 15 is 0 Å². The van der Waals surface area contributed by atoms with Gasteiger partial charge in [0.2, 0.25) is 18.7 Å². The van der Waals surface area contributed by atoms with Crippen molar-refractivity contribution >= 4 is 42.0 Å². The number of allylic oxidation sites excluding steroid dienone is 1. The van der Waals surface area contributed by atoms with E-state index in [4.69, 9.17) is 9.72 Å². The first-order valence-electron chi connectivity index (χ1n) is 19.6. The Kier molecular flexibility index (Phi) is 24.4. The quantitative estimate of drug-likeness (QED) is 0.0788. The van der Waals surface area contributed by atoms with Crippen LogP contribution in [0.4, 0.5) is 0 Å². The third-order valence-corrected chi connectivity index (χ3v) is 8.71. The molecule has 0 spiro atoms. The van der Waals surface area contributed by atoms with Gasteiger partial charge in [-0.3, -0.25) is 39.4 Å². The van der Waals surface area contributed by atoms with Crippen LogP contribution >= 0.6 is 0 Å². The van der Waals surface area contributed by atoms with Crippen LogP contribution in [0.3, 0.4) is 0 Å². The predicted octanol–water partition coefficient (Wildman–Crippen LogP) is 4.85. The van der Waals surface area contributed by atoms with Crippen LogP contribution < -0.4 is 10.7 Å². The maximum atomic E-state index is 13.3. The van der Waals surface area contributed by atoms with E-state index in [-0.39, 0.29) is 30.8 Å². The molecule has 0 radical (unpaired) electrons. The van der Waals surface area contributed by atoms with Gasteiger partial charge in [0.25, 0.3) is 0 Å². The molecular formula is C42H66N8O6. The number of hydrazine groups is 1. The molecular weight excluding hydrogens is 713 g/mol. The summed E-state index contributed by atoms with van der Waals surface area (Å²) in [6.07, 6.45) is 11.2. The van der Waals surface area contributed by atoms with Crippen molar-refractivity contribution in [3.8, 4) is 11.1 Å². The van der Waals surface area contributed by atoms with Crippen molar-refractivity contribution in [1.29, 1.82) is 0 Å². The second kappa shape index (κ2) is 27.7. The number of pyridine rings is 1. The van der Waals surface area contributed by atoms with E-state index in [0.717, 1.165) is 57.7 Å². The number of fused-ring (bicyclic) bond motifs is 1. The number of carbonyl (C=O) groups is 5. The summed E-state index contributed by atoms with van der Waals surface area (Å²) in [4.78, 5) is 70.3. The van der Waals surface area contributed by atoms with Crippen LogP contribution in [0, 0.1) is 5.92 Å². The van der Waals surface area contributed by atoms with Crippen molar-refractivity contribution in [2.45, 2.75) is 99.2 Å². The lowest BCUT2D eigenvalue weighted by Crippen LogP contribution is -2.53. The van der Waals surface area contributed by atoms with Crippen molar-refractivity contribution in [2.75, 3.05) is 46.9 Å². The van der Waals surface area contributed by atoms with E-state index in [1.165, 1.54) is 26.3 Å². The minimum atomic E-state index is -0.774. The Bertz CT molecular complexity index is 1630. The van der Waals surface area contributed by atoms with Gasteiger partial charge in [-0.1, -0.05) is 46.8 Å². The zero-order chi connectivity index (χ0) is 42.0. The predicted molar refractivity (Wildman–Crippen MR) is 222 cm³/mol. The first-order chi connectivity index (χ1) is 26.9. The number of aldehydes is 1. The second-order valence-electron chi connectivity index (χ2n) is 13.5. The molecule has 2 aromatic heterocycles. The number of rotatable bonds is 18. The lowest BCUT2D eigenvalue weighted by Gasteiger charge is -2.31. The fraction of sp³-hybridized carbons (Fsp3) is 0.548. The van der Waals surface area contributed by atoms with E-state index in [9.17, 15) is 24.0 Å². The standard InChI is InChI=1S/C32H42N6O6.C5H12N2.C3H6.C2H6/c1-6-30-35-28-9-8-25(16-29(28)38(30)10-7-13-44-23(4)42)26-14-24(17-33-18-26)15-27(19-39)34-32(43)31(22(2)3)36(5)11-12-37(20-40)21-41;1-7-5-3-2-4-6-7;1-3-2;1-2/h8-9,14,16-22,27,31H,6-7,10-13,15H2,1-5H3,(H,34,43);6H,2-5H2,1H3;3H,1H2,2H3;1-2H3. The molecule has 0 bridgehead atoms. The van der Waals surface area contributed by atoms with Gasteiger partial charge in [-0.15, -0.1) is 6.58 Å². The zero-order valence-corrected chi connectivity index (χ0v) is 35.1.